The fraction of sp³-hybridized carbons (Fsp3) is 0.393. The molecular formula is C28H35F2N7O4. The Kier molecular flexibility index (Phi) is 9.40. The molecule has 0 unspecified atom stereocenters. The lowest BCUT2D eigenvalue weighted by atomic mass is 9.95. The van der Waals surface area contributed by atoms with E-state index in [1.165, 1.54) is 19.2 Å². The number of fused-ring (bicyclic) bond motifs is 1. The molecule has 0 atom stereocenters. The van der Waals surface area contributed by atoms with Crippen molar-refractivity contribution in [1.29, 1.82) is 0 Å². The van der Waals surface area contributed by atoms with E-state index in [1.54, 1.807) is 23.1 Å². The van der Waals surface area contributed by atoms with Crippen LogP contribution in [-0.4, -0.2) is 67.1 Å². The molecule has 6 N–H and O–H groups in total. The fourth-order valence-corrected chi connectivity index (χ4v) is 4.23. The Balaban J connectivity index is 1.62. The molecule has 1 aliphatic heterocycles. The van der Waals surface area contributed by atoms with Crippen molar-refractivity contribution in [2.45, 2.75) is 26.7 Å². The molecule has 0 radical (unpaired) electrons. The highest BCUT2D eigenvalue weighted by Gasteiger charge is 2.27. The van der Waals surface area contributed by atoms with Gasteiger partial charge in [-0.25, -0.2) is 13.8 Å². The van der Waals surface area contributed by atoms with Crippen LogP contribution in [0, 0.1) is 17.0 Å². The maximum atomic E-state index is 14.2. The first-order valence-electron chi connectivity index (χ1n) is 13.1. The summed E-state index contributed by atoms with van der Waals surface area (Å²) in [5, 5.41) is 22.9. The Hall–Kier alpha value is -4.23. The smallest absolute Gasteiger partial charge is 0.223 e. The molecule has 3 aromatic rings. The number of aromatic amines is 1. The Morgan fingerprint density at radius 1 is 1.20 bits per heavy atom. The number of ether oxygens (including phenoxy) is 2. The molecule has 11 nitrogen and oxygen atoms in total. The first-order valence-corrected chi connectivity index (χ1v) is 13.1. The third kappa shape index (κ3) is 7.70. The van der Waals surface area contributed by atoms with Crippen LogP contribution in [0.25, 0.3) is 0 Å². The second kappa shape index (κ2) is 13.0. The number of hydrogen-bond donors (Lipinski definition) is 5. The molecule has 4 rings (SSSR count). The van der Waals surface area contributed by atoms with Gasteiger partial charge in [0.1, 0.15) is 17.5 Å². The van der Waals surface area contributed by atoms with Crippen LogP contribution in [0.5, 0.6) is 11.5 Å². The molecule has 1 aromatic heterocycles. The van der Waals surface area contributed by atoms with Gasteiger partial charge in [0, 0.05) is 48.0 Å². The number of nitrogens with one attached hydrogen (secondary N) is 3. The van der Waals surface area contributed by atoms with Crippen LogP contribution in [-0.2, 0) is 11.2 Å². The molecule has 1 aliphatic rings. The highest BCUT2D eigenvalue weighted by Crippen LogP contribution is 2.38. The van der Waals surface area contributed by atoms with Crippen molar-refractivity contribution in [1.82, 2.24) is 15.5 Å². The van der Waals surface area contributed by atoms with Gasteiger partial charge in [0.25, 0.3) is 0 Å². The van der Waals surface area contributed by atoms with Gasteiger partial charge in [-0.3, -0.25) is 9.89 Å². The van der Waals surface area contributed by atoms with Gasteiger partial charge < -0.3 is 35.8 Å². The summed E-state index contributed by atoms with van der Waals surface area (Å²) in [6.45, 7) is 6.03. The van der Waals surface area contributed by atoms with E-state index < -0.39 is 17.5 Å². The highest BCUT2D eigenvalue weighted by atomic mass is 19.1. The van der Waals surface area contributed by atoms with Crippen molar-refractivity contribution in [2.75, 3.05) is 50.3 Å². The van der Waals surface area contributed by atoms with Crippen LogP contribution >= 0.6 is 0 Å². The van der Waals surface area contributed by atoms with Gasteiger partial charge in [-0.05, 0) is 31.2 Å². The van der Waals surface area contributed by atoms with E-state index in [1.807, 2.05) is 13.8 Å². The van der Waals surface area contributed by atoms with Crippen molar-refractivity contribution in [3.05, 3.63) is 59.3 Å². The number of carbonyl (C=O) groups is 1. The van der Waals surface area contributed by atoms with Gasteiger partial charge in [-0.1, -0.05) is 13.8 Å². The third-order valence-corrected chi connectivity index (χ3v) is 6.38. The summed E-state index contributed by atoms with van der Waals surface area (Å²) in [7, 11) is 1.52. The topological polar surface area (TPSA) is 150 Å². The summed E-state index contributed by atoms with van der Waals surface area (Å²) >= 11 is 0. The molecule has 41 heavy (non-hydrogen) atoms. The van der Waals surface area contributed by atoms with Crippen LogP contribution < -0.4 is 30.7 Å². The summed E-state index contributed by atoms with van der Waals surface area (Å²) in [6.07, 6.45) is 0.686. The van der Waals surface area contributed by atoms with Crippen LogP contribution in [0.3, 0.4) is 0 Å². The number of nitrogens with zero attached hydrogens (tertiary/aromatic N) is 3. The number of amides is 1. The quantitative estimate of drug-likeness (QED) is 0.197. The van der Waals surface area contributed by atoms with Gasteiger partial charge >= 0.3 is 0 Å². The van der Waals surface area contributed by atoms with E-state index in [0.717, 1.165) is 12.5 Å². The molecule has 0 spiro atoms. The largest absolute Gasteiger partial charge is 0.493 e. The predicted molar refractivity (Wildman–Crippen MR) is 152 cm³/mol. The Morgan fingerprint density at radius 2 is 1.95 bits per heavy atom. The first-order chi connectivity index (χ1) is 19.6. The third-order valence-electron chi connectivity index (χ3n) is 6.38. The summed E-state index contributed by atoms with van der Waals surface area (Å²) in [5.74, 6) is -0.435. The zero-order valence-corrected chi connectivity index (χ0v) is 23.3. The minimum Gasteiger partial charge on any atom is -0.493 e. The molecule has 2 aromatic carbocycles. The van der Waals surface area contributed by atoms with Gasteiger partial charge in [0.15, 0.2) is 17.3 Å². The molecule has 0 aliphatic carbocycles. The molecule has 0 saturated heterocycles. The van der Waals surface area contributed by atoms with E-state index in [9.17, 15) is 18.7 Å². The molecular weight excluding hydrogens is 536 g/mol. The van der Waals surface area contributed by atoms with Crippen LogP contribution in [0.1, 0.15) is 31.5 Å². The number of aliphatic hydroxyl groups excluding tert-OH is 1. The average molecular weight is 572 g/mol. The fourth-order valence-electron chi connectivity index (χ4n) is 4.23. The molecule has 2 heterocycles. The Morgan fingerprint density at radius 3 is 2.63 bits per heavy atom. The standard InChI is InChI=1S/C28H35F2N7O4/c1-28(2,15-38)14-32-5-4-6-41-24-13-22-21(12-23(24)40-3)27(34-26-11-19(35-36-26)10-25(31)39)37(16-33-22)20-8-17(29)7-18(30)9-20/h7-9,11-13,32-33,38H,4-6,10,14-16H2,1-3H3,(H2,31,39)(H,35,36). The van der Waals surface area contributed by atoms with Crippen LogP contribution in [0.15, 0.2) is 41.4 Å². The van der Waals surface area contributed by atoms with E-state index >= 15 is 0 Å². The maximum absolute atomic E-state index is 14.2. The van der Waals surface area contributed by atoms with Gasteiger partial charge in [0.05, 0.1) is 38.2 Å². The zero-order chi connectivity index (χ0) is 29.6. The predicted octanol–water partition coefficient (Wildman–Crippen LogP) is 3.07. The van der Waals surface area contributed by atoms with Crippen molar-refractivity contribution in [3.63, 3.8) is 0 Å². The van der Waals surface area contributed by atoms with Gasteiger partial charge in [0.2, 0.25) is 5.91 Å². The van der Waals surface area contributed by atoms with Gasteiger partial charge in [-0.2, -0.15) is 5.10 Å². The number of anilines is 2. The number of amidine groups is 1. The Labute approximate surface area is 236 Å². The lowest BCUT2D eigenvalue weighted by Crippen LogP contribution is -2.40. The van der Waals surface area contributed by atoms with Crippen molar-refractivity contribution in [3.8, 4) is 11.5 Å². The lowest BCUT2D eigenvalue weighted by molar-refractivity contribution is -0.117. The number of benzene rings is 2. The average Bonchev–Trinajstić information content (AvgIpc) is 3.35. The number of rotatable bonds is 13. The number of aliphatic hydroxyl groups is 1. The molecule has 13 heteroatoms. The number of primary amides is 1. The Bertz CT molecular complexity index is 1390. The second-order valence-corrected chi connectivity index (χ2v) is 10.5. The maximum Gasteiger partial charge on any atom is 0.223 e. The highest BCUT2D eigenvalue weighted by molar-refractivity contribution is 6.16. The zero-order valence-electron chi connectivity index (χ0n) is 23.3. The van der Waals surface area contributed by atoms with Crippen LogP contribution in [0.2, 0.25) is 0 Å². The SMILES string of the molecule is COc1cc2c(cc1OCCCNCC(C)(C)CO)NCN(c1cc(F)cc(F)c1)C2=Nc1cc(CC(N)=O)[nH]n1. The monoisotopic (exact) mass is 571 g/mol. The number of aliphatic imine (C=N–C) groups is 1. The lowest BCUT2D eigenvalue weighted by Gasteiger charge is -2.33. The van der Waals surface area contributed by atoms with E-state index in [0.29, 0.717) is 54.0 Å². The van der Waals surface area contributed by atoms with Crippen molar-refractivity contribution < 1.29 is 28.2 Å². The van der Waals surface area contributed by atoms with Crippen LogP contribution in [0.4, 0.5) is 26.0 Å². The van der Waals surface area contributed by atoms with Crippen molar-refractivity contribution >= 4 is 28.9 Å². The number of methoxy groups -OCH3 is 1. The minimum atomic E-state index is -0.732. The number of hydrogen-bond acceptors (Lipinski definition) is 8. The normalized spacial score (nSPS) is 14.1. The van der Waals surface area contributed by atoms with Crippen molar-refractivity contribution in [2.24, 2.45) is 16.1 Å². The summed E-state index contributed by atoms with van der Waals surface area (Å²) in [5.41, 5.74) is 7.06. The molecule has 0 fully saturated rings. The molecule has 0 bridgehead atoms. The number of halogens is 2. The summed E-state index contributed by atoms with van der Waals surface area (Å²) in [4.78, 5) is 17.6. The number of H-pyrrole nitrogens is 1. The minimum absolute atomic E-state index is 0.0436. The molecule has 220 valence electrons. The molecule has 1 amide bonds. The first kappa shape index (κ1) is 29.7. The number of aromatic nitrogens is 2. The number of carbonyl (C=O) groups excluding carboxylic acids is 1. The second-order valence-electron chi connectivity index (χ2n) is 10.5. The summed E-state index contributed by atoms with van der Waals surface area (Å²) < 4.78 is 40.0. The van der Waals surface area contributed by atoms with E-state index in [4.69, 9.17) is 15.2 Å². The van der Waals surface area contributed by atoms with E-state index in [-0.39, 0.29) is 36.6 Å². The van der Waals surface area contributed by atoms with E-state index in [2.05, 4.69) is 25.8 Å². The number of nitrogens with two attached hydrogens (primary N) is 1. The molecule has 0 saturated carbocycles. The van der Waals surface area contributed by atoms with Gasteiger partial charge in [-0.15, -0.1) is 0 Å². The summed E-state index contributed by atoms with van der Waals surface area (Å²) in [6, 6.07) is 8.31.